The maximum atomic E-state index is 12.5. The van der Waals surface area contributed by atoms with Crippen LogP contribution in [0.2, 0.25) is 0 Å². The number of aromatic hydroxyl groups is 1. The van der Waals surface area contributed by atoms with E-state index in [9.17, 15) is 9.90 Å². The Morgan fingerprint density at radius 1 is 1.10 bits per heavy atom. The van der Waals surface area contributed by atoms with E-state index in [1.165, 1.54) is 16.7 Å². The first-order chi connectivity index (χ1) is 14.1. The molecule has 0 unspecified atom stereocenters. The molecule has 3 aliphatic carbocycles. The number of Topliss-reactive ketones (excluding diaryl/α,β-unsaturated/α-hetero) is 1. The Morgan fingerprint density at radius 2 is 1.93 bits per heavy atom. The number of phenols is 1. The molecule has 29 heavy (non-hydrogen) atoms. The monoisotopic (exact) mass is 386 g/mol. The summed E-state index contributed by atoms with van der Waals surface area (Å²) in [6, 6.07) is 14.6. The zero-order valence-corrected chi connectivity index (χ0v) is 17.2. The lowest BCUT2D eigenvalue weighted by Gasteiger charge is -2.48. The lowest BCUT2D eigenvalue weighted by atomic mass is 9.55. The van der Waals surface area contributed by atoms with Crippen LogP contribution in [-0.4, -0.2) is 10.9 Å². The highest BCUT2D eigenvalue weighted by Gasteiger charge is 2.54. The molecule has 5 rings (SSSR count). The third-order valence-electron chi connectivity index (χ3n) is 8.08. The van der Waals surface area contributed by atoms with Crippen LogP contribution in [0.3, 0.4) is 0 Å². The predicted octanol–water partition coefficient (Wildman–Crippen LogP) is 6.07. The molecule has 0 radical (unpaired) electrons. The Labute approximate surface area is 173 Å². The largest absolute Gasteiger partial charge is 0.508 e. The van der Waals surface area contributed by atoms with Gasteiger partial charge in [-0.2, -0.15) is 0 Å². The van der Waals surface area contributed by atoms with E-state index in [0.29, 0.717) is 29.3 Å². The van der Waals surface area contributed by atoms with Gasteiger partial charge in [0.25, 0.3) is 0 Å². The molecular formula is C27H30O2. The maximum absolute atomic E-state index is 12.5. The van der Waals surface area contributed by atoms with E-state index >= 15 is 0 Å². The lowest BCUT2D eigenvalue weighted by Crippen LogP contribution is -2.42. The highest BCUT2D eigenvalue weighted by Crippen LogP contribution is 2.59. The number of fused-ring (bicyclic) bond motifs is 5. The van der Waals surface area contributed by atoms with E-state index in [0.717, 1.165) is 50.5 Å². The zero-order valence-electron chi connectivity index (χ0n) is 17.2. The summed E-state index contributed by atoms with van der Waals surface area (Å²) in [5, 5.41) is 10.6. The molecule has 0 aromatic heterocycles. The third-order valence-corrected chi connectivity index (χ3v) is 8.08. The summed E-state index contributed by atoms with van der Waals surface area (Å²) in [5.41, 5.74) is 4.91. The Hall–Kier alpha value is -2.35. The average Bonchev–Trinajstić information content (AvgIpc) is 3.04. The van der Waals surface area contributed by atoms with Gasteiger partial charge in [0.05, 0.1) is 0 Å². The van der Waals surface area contributed by atoms with Crippen LogP contribution in [0.25, 0.3) is 6.08 Å². The van der Waals surface area contributed by atoms with Crippen LogP contribution in [0.1, 0.15) is 67.2 Å². The second kappa shape index (κ2) is 7.16. The first-order valence-electron chi connectivity index (χ1n) is 11.2. The van der Waals surface area contributed by atoms with Crippen molar-refractivity contribution >= 4 is 11.9 Å². The molecule has 4 atom stereocenters. The molecule has 0 amide bonds. The average molecular weight is 387 g/mol. The fraction of sp³-hybridized carbons (Fsp3) is 0.444. The van der Waals surface area contributed by atoms with Gasteiger partial charge < -0.3 is 5.11 Å². The Kier molecular flexibility index (Phi) is 4.61. The number of hydrogen-bond donors (Lipinski definition) is 1. The van der Waals surface area contributed by atoms with E-state index in [1.54, 1.807) is 0 Å². The molecule has 2 aromatic carbocycles. The summed E-state index contributed by atoms with van der Waals surface area (Å²) < 4.78 is 0. The lowest BCUT2D eigenvalue weighted by molar-refractivity contribution is -0.129. The highest BCUT2D eigenvalue weighted by atomic mass is 16.3. The SMILES string of the molecule is C[C@]12CC[C@@H]3c4cc(C/C=C/c5ccccc5)c(O)cc4CC[C@H]3[C@@H]1CCC2=O. The van der Waals surface area contributed by atoms with Gasteiger partial charge in [0.2, 0.25) is 0 Å². The van der Waals surface area contributed by atoms with Crippen molar-refractivity contribution < 1.29 is 9.90 Å². The summed E-state index contributed by atoms with van der Waals surface area (Å²) >= 11 is 0. The molecule has 2 fully saturated rings. The molecule has 2 saturated carbocycles. The first kappa shape index (κ1) is 18.7. The normalized spacial score (nSPS) is 30.8. The second-order valence-electron chi connectivity index (χ2n) is 9.53. The van der Waals surface area contributed by atoms with Gasteiger partial charge in [0.15, 0.2) is 0 Å². The number of aryl methyl sites for hydroxylation is 1. The summed E-state index contributed by atoms with van der Waals surface area (Å²) in [6.07, 6.45) is 11.2. The van der Waals surface area contributed by atoms with Crippen molar-refractivity contribution in [2.45, 2.75) is 57.8 Å². The number of allylic oxidation sites excluding steroid dienone is 1. The molecule has 0 saturated heterocycles. The van der Waals surface area contributed by atoms with Crippen LogP contribution in [0.15, 0.2) is 48.5 Å². The predicted molar refractivity (Wildman–Crippen MR) is 117 cm³/mol. The summed E-state index contributed by atoms with van der Waals surface area (Å²) in [7, 11) is 0. The highest BCUT2D eigenvalue weighted by molar-refractivity contribution is 5.87. The van der Waals surface area contributed by atoms with Crippen LogP contribution < -0.4 is 0 Å². The van der Waals surface area contributed by atoms with Gasteiger partial charge in [-0.15, -0.1) is 0 Å². The van der Waals surface area contributed by atoms with Crippen molar-refractivity contribution in [1.29, 1.82) is 0 Å². The first-order valence-corrected chi connectivity index (χ1v) is 11.2. The van der Waals surface area contributed by atoms with Gasteiger partial charge >= 0.3 is 0 Å². The standard InChI is InChI=1S/C27H30O2/c1-27-15-14-21-22(24(27)12-13-26(27)29)11-10-19-17-25(28)20(16-23(19)21)9-5-8-18-6-3-2-4-7-18/h2-8,16-17,21-22,24,28H,9-15H2,1H3/b8-5+/t21-,22+,24-,27-/m0/s1. The number of rotatable bonds is 3. The van der Waals surface area contributed by atoms with Crippen molar-refractivity contribution in [2.75, 3.05) is 0 Å². The summed E-state index contributed by atoms with van der Waals surface area (Å²) in [5.74, 6) is 2.67. The van der Waals surface area contributed by atoms with Crippen LogP contribution in [0.4, 0.5) is 0 Å². The van der Waals surface area contributed by atoms with E-state index in [2.05, 4.69) is 37.3 Å². The molecule has 1 N–H and O–H groups in total. The molecule has 2 nitrogen and oxygen atoms in total. The van der Waals surface area contributed by atoms with Crippen molar-refractivity contribution in [1.82, 2.24) is 0 Å². The zero-order chi connectivity index (χ0) is 20.0. The van der Waals surface area contributed by atoms with Crippen molar-refractivity contribution in [3.8, 4) is 5.75 Å². The fourth-order valence-corrected chi connectivity index (χ4v) is 6.48. The Balaban J connectivity index is 1.41. The van der Waals surface area contributed by atoms with Gasteiger partial charge in [0.1, 0.15) is 11.5 Å². The smallest absolute Gasteiger partial charge is 0.139 e. The van der Waals surface area contributed by atoms with Gasteiger partial charge in [-0.05, 0) is 84.6 Å². The third kappa shape index (κ3) is 3.13. The van der Waals surface area contributed by atoms with Crippen LogP contribution >= 0.6 is 0 Å². The minimum atomic E-state index is -0.0726. The van der Waals surface area contributed by atoms with Gasteiger partial charge in [-0.1, -0.05) is 55.5 Å². The van der Waals surface area contributed by atoms with Crippen LogP contribution in [-0.2, 0) is 17.6 Å². The quantitative estimate of drug-likeness (QED) is 0.695. The number of carbonyl (C=O) groups excluding carboxylic acids is 1. The van der Waals surface area contributed by atoms with Crippen molar-refractivity contribution in [3.63, 3.8) is 0 Å². The molecule has 0 spiro atoms. The van der Waals surface area contributed by atoms with Gasteiger partial charge in [-0.3, -0.25) is 4.79 Å². The number of ketones is 1. The van der Waals surface area contributed by atoms with Crippen LogP contribution in [0.5, 0.6) is 5.75 Å². The fourth-order valence-electron chi connectivity index (χ4n) is 6.48. The molecule has 0 heterocycles. The molecule has 0 bridgehead atoms. The summed E-state index contributed by atoms with van der Waals surface area (Å²) in [4.78, 5) is 12.5. The van der Waals surface area contributed by atoms with Gasteiger partial charge in [-0.25, -0.2) is 0 Å². The Bertz CT molecular complexity index is 958. The van der Waals surface area contributed by atoms with Crippen molar-refractivity contribution in [3.05, 3.63) is 70.8 Å². The van der Waals surface area contributed by atoms with Crippen molar-refractivity contribution in [2.24, 2.45) is 17.3 Å². The number of hydrogen-bond acceptors (Lipinski definition) is 2. The summed E-state index contributed by atoms with van der Waals surface area (Å²) in [6.45, 7) is 2.23. The van der Waals surface area contributed by atoms with Gasteiger partial charge in [0, 0.05) is 11.8 Å². The van der Waals surface area contributed by atoms with E-state index in [-0.39, 0.29) is 5.41 Å². The minimum absolute atomic E-state index is 0.0726. The molecular weight excluding hydrogens is 356 g/mol. The second-order valence-corrected chi connectivity index (χ2v) is 9.53. The number of phenolic OH excluding ortho intramolecular Hbond substituents is 1. The maximum Gasteiger partial charge on any atom is 0.139 e. The number of carbonyl (C=O) groups is 1. The molecule has 2 heteroatoms. The van der Waals surface area contributed by atoms with Crippen LogP contribution in [0, 0.1) is 17.3 Å². The van der Waals surface area contributed by atoms with E-state index in [1.807, 2.05) is 24.3 Å². The topological polar surface area (TPSA) is 37.3 Å². The number of benzene rings is 2. The molecule has 3 aliphatic rings. The Morgan fingerprint density at radius 3 is 2.76 bits per heavy atom. The molecule has 2 aromatic rings. The molecule has 0 aliphatic heterocycles. The van der Waals surface area contributed by atoms with E-state index < -0.39 is 0 Å². The minimum Gasteiger partial charge on any atom is -0.508 e. The van der Waals surface area contributed by atoms with E-state index in [4.69, 9.17) is 0 Å². The molecule has 150 valence electrons.